The molecule has 0 heterocycles. The number of hydrogen-bond acceptors (Lipinski definition) is 1. The topological polar surface area (TPSA) is 20.2 Å². The maximum atomic E-state index is 13.8. The first-order valence-corrected chi connectivity index (χ1v) is 5.03. The van der Waals surface area contributed by atoms with Gasteiger partial charge in [-0.3, -0.25) is 0 Å². The van der Waals surface area contributed by atoms with Crippen molar-refractivity contribution in [2.45, 2.75) is 18.4 Å². The Hall–Kier alpha value is -1.48. The van der Waals surface area contributed by atoms with Crippen molar-refractivity contribution in [1.29, 1.82) is 0 Å². The number of hydrogen-bond donors (Lipinski definition) is 1. The second-order valence-corrected chi connectivity index (χ2v) is 4.06. The van der Waals surface area contributed by atoms with Crippen LogP contribution in [0.15, 0.2) is 54.1 Å². The number of halogens is 2. The molecular weight excluding hydrogens is 210 g/mol. The van der Waals surface area contributed by atoms with Gasteiger partial charge in [0, 0.05) is 6.08 Å². The van der Waals surface area contributed by atoms with E-state index >= 15 is 0 Å². The Bertz CT molecular complexity index is 450. The highest BCUT2D eigenvalue weighted by atomic mass is 19.1. The lowest BCUT2D eigenvalue weighted by atomic mass is 9.74. The van der Waals surface area contributed by atoms with E-state index in [0.29, 0.717) is 5.56 Å². The fraction of sp³-hybridized carbons (Fsp3) is 0.231. The summed E-state index contributed by atoms with van der Waals surface area (Å²) in [4.78, 5) is 0. The predicted molar refractivity (Wildman–Crippen MR) is 58.2 cm³/mol. The van der Waals surface area contributed by atoms with Crippen LogP contribution in [0.25, 0.3) is 0 Å². The van der Waals surface area contributed by atoms with E-state index < -0.39 is 23.2 Å². The van der Waals surface area contributed by atoms with Crippen LogP contribution in [0.1, 0.15) is 12.5 Å². The van der Waals surface area contributed by atoms with Crippen LogP contribution in [0.5, 0.6) is 0 Å². The molecule has 0 fully saturated rings. The van der Waals surface area contributed by atoms with Crippen molar-refractivity contribution in [3.05, 3.63) is 59.7 Å². The van der Waals surface area contributed by atoms with Gasteiger partial charge in [0.25, 0.3) is 0 Å². The zero-order valence-electron chi connectivity index (χ0n) is 8.82. The maximum absolute atomic E-state index is 13.8. The van der Waals surface area contributed by atoms with E-state index in [-0.39, 0.29) is 0 Å². The SMILES string of the molecule is CC1(c2ccccc2)C(F)=CC(F)=CC1O. The summed E-state index contributed by atoms with van der Waals surface area (Å²) in [5.41, 5.74) is -0.573. The van der Waals surface area contributed by atoms with Gasteiger partial charge in [-0.05, 0) is 18.6 Å². The van der Waals surface area contributed by atoms with Crippen molar-refractivity contribution in [3.8, 4) is 0 Å². The minimum Gasteiger partial charge on any atom is -0.388 e. The van der Waals surface area contributed by atoms with Crippen LogP contribution >= 0.6 is 0 Å². The molecule has 1 aliphatic carbocycles. The van der Waals surface area contributed by atoms with Gasteiger partial charge in [0.2, 0.25) is 0 Å². The molecule has 2 atom stereocenters. The number of aliphatic hydroxyl groups is 1. The summed E-state index contributed by atoms with van der Waals surface area (Å²) in [6.07, 6.45) is 0.649. The molecule has 3 heteroatoms. The summed E-state index contributed by atoms with van der Waals surface area (Å²) in [6, 6.07) is 8.76. The Morgan fingerprint density at radius 3 is 2.38 bits per heavy atom. The van der Waals surface area contributed by atoms with E-state index in [4.69, 9.17) is 0 Å². The molecule has 1 aliphatic rings. The van der Waals surface area contributed by atoms with E-state index in [9.17, 15) is 13.9 Å². The van der Waals surface area contributed by atoms with Gasteiger partial charge in [0.05, 0.1) is 11.5 Å². The molecule has 2 rings (SSSR count). The predicted octanol–water partition coefficient (Wildman–Crippen LogP) is 3.03. The summed E-state index contributed by atoms with van der Waals surface area (Å²) in [7, 11) is 0. The lowest BCUT2D eigenvalue weighted by molar-refractivity contribution is 0.133. The van der Waals surface area contributed by atoms with Crippen LogP contribution in [0, 0.1) is 0 Å². The monoisotopic (exact) mass is 222 g/mol. The molecule has 0 bridgehead atoms. The van der Waals surface area contributed by atoms with Gasteiger partial charge in [0.15, 0.2) is 0 Å². The van der Waals surface area contributed by atoms with Crippen molar-refractivity contribution in [2.75, 3.05) is 0 Å². The van der Waals surface area contributed by atoms with E-state index in [1.807, 2.05) is 0 Å². The number of aliphatic hydroxyl groups excluding tert-OH is 1. The number of rotatable bonds is 1. The number of benzene rings is 1. The third kappa shape index (κ3) is 1.57. The molecule has 1 aromatic rings. The fourth-order valence-corrected chi connectivity index (χ4v) is 1.87. The van der Waals surface area contributed by atoms with Crippen LogP contribution in [0.2, 0.25) is 0 Å². The molecule has 1 N–H and O–H groups in total. The third-order valence-corrected chi connectivity index (χ3v) is 3.04. The first kappa shape index (κ1) is 11.0. The minimum atomic E-state index is -1.20. The van der Waals surface area contributed by atoms with Crippen LogP contribution in [-0.2, 0) is 5.41 Å². The molecule has 0 saturated carbocycles. The first-order valence-electron chi connectivity index (χ1n) is 5.03. The Labute approximate surface area is 92.7 Å². The van der Waals surface area contributed by atoms with Crippen molar-refractivity contribution in [3.63, 3.8) is 0 Å². The van der Waals surface area contributed by atoms with Crippen LogP contribution in [0.3, 0.4) is 0 Å². The molecule has 2 unspecified atom stereocenters. The van der Waals surface area contributed by atoms with Crippen LogP contribution in [-0.4, -0.2) is 11.2 Å². The average Bonchev–Trinajstić information content (AvgIpc) is 2.27. The van der Waals surface area contributed by atoms with Crippen LogP contribution in [0.4, 0.5) is 8.78 Å². The summed E-state index contributed by atoms with van der Waals surface area (Å²) >= 11 is 0. The standard InChI is InChI=1S/C13H12F2O/c1-13(9-5-3-2-4-6-9)11(15)7-10(14)8-12(13)16/h2-8,12,16H,1H3. The second-order valence-electron chi connectivity index (χ2n) is 4.06. The molecule has 1 nitrogen and oxygen atoms in total. The second kappa shape index (κ2) is 3.83. The molecule has 16 heavy (non-hydrogen) atoms. The quantitative estimate of drug-likeness (QED) is 0.774. The zero-order chi connectivity index (χ0) is 11.8. The molecule has 0 saturated heterocycles. The Morgan fingerprint density at radius 2 is 1.81 bits per heavy atom. The fourth-order valence-electron chi connectivity index (χ4n) is 1.87. The zero-order valence-corrected chi connectivity index (χ0v) is 8.82. The first-order chi connectivity index (χ1) is 7.55. The van der Waals surface area contributed by atoms with E-state index in [1.54, 1.807) is 37.3 Å². The van der Waals surface area contributed by atoms with Gasteiger partial charge < -0.3 is 5.11 Å². The molecule has 1 aromatic carbocycles. The molecule has 84 valence electrons. The lowest BCUT2D eigenvalue weighted by Crippen LogP contribution is -2.38. The van der Waals surface area contributed by atoms with E-state index in [2.05, 4.69) is 0 Å². The Morgan fingerprint density at radius 1 is 1.19 bits per heavy atom. The van der Waals surface area contributed by atoms with Gasteiger partial charge in [0.1, 0.15) is 11.7 Å². The van der Waals surface area contributed by atoms with Gasteiger partial charge in [-0.25, -0.2) is 8.78 Å². The molecule has 0 amide bonds. The minimum absolute atomic E-state index is 0.625. The summed E-state index contributed by atoms with van der Waals surface area (Å²) in [6.45, 7) is 1.56. The van der Waals surface area contributed by atoms with E-state index in [1.165, 1.54) is 0 Å². The van der Waals surface area contributed by atoms with Gasteiger partial charge in [-0.2, -0.15) is 0 Å². The normalized spacial score (nSPS) is 29.6. The van der Waals surface area contributed by atoms with Gasteiger partial charge in [-0.1, -0.05) is 30.3 Å². The van der Waals surface area contributed by atoms with Crippen molar-refractivity contribution in [1.82, 2.24) is 0 Å². The highest BCUT2D eigenvalue weighted by molar-refractivity contribution is 5.42. The highest BCUT2D eigenvalue weighted by Crippen LogP contribution is 2.40. The summed E-state index contributed by atoms with van der Waals surface area (Å²) in [5.74, 6) is -1.40. The summed E-state index contributed by atoms with van der Waals surface area (Å²) in [5, 5.41) is 9.83. The molecular formula is C13H12F2O. The van der Waals surface area contributed by atoms with Crippen molar-refractivity contribution in [2.24, 2.45) is 0 Å². The van der Waals surface area contributed by atoms with Crippen molar-refractivity contribution >= 4 is 0 Å². The van der Waals surface area contributed by atoms with Crippen molar-refractivity contribution < 1.29 is 13.9 Å². The third-order valence-electron chi connectivity index (χ3n) is 3.04. The summed E-state index contributed by atoms with van der Waals surface area (Å²) < 4.78 is 26.8. The molecule has 0 aliphatic heterocycles. The average molecular weight is 222 g/mol. The highest BCUT2D eigenvalue weighted by Gasteiger charge is 2.41. The largest absolute Gasteiger partial charge is 0.388 e. The number of allylic oxidation sites excluding steroid dienone is 2. The van der Waals surface area contributed by atoms with Crippen LogP contribution < -0.4 is 0 Å². The van der Waals surface area contributed by atoms with E-state index in [0.717, 1.165) is 12.2 Å². The molecule has 0 spiro atoms. The Kier molecular flexibility index (Phi) is 2.64. The van der Waals surface area contributed by atoms with Gasteiger partial charge >= 0.3 is 0 Å². The smallest absolute Gasteiger partial charge is 0.124 e. The molecule has 0 aromatic heterocycles. The van der Waals surface area contributed by atoms with Gasteiger partial charge in [-0.15, -0.1) is 0 Å². The lowest BCUT2D eigenvalue weighted by Gasteiger charge is -2.34. The maximum Gasteiger partial charge on any atom is 0.124 e. The molecule has 0 radical (unpaired) electrons. The Balaban J connectivity index is 2.51.